The Kier molecular flexibility index (Phi) is 6.04. The molecule has 4 atom stereocenters. The van der Waals surface area contributed by atoms with E-state index in [-0.39, 0.29) is 42.1 Å². The summed E-state index contributed by atoms with van der Waals surface area (Å²) < 4.78 is 0. The molecule has 0 unspecified atom stereocenters. The largest absolute Gasteiger partial charge is 0.477 e. The Hall–Kier alpha value is -1.72. The quantitative estimate of drug-likeness (QED) is 0.462. The highest BCUT2D eigenvalue weighted by molar-refractivity contribution is 8.14. The number of carbonyl (C=O) groups is 3. The molecule has 0 radical (unpaired) electrons. The van der Waals surface area contributed by atoms with Gasteiger partial charge in [-0.3, -0.25) is 14.6 Å². The first-order valence-electron chi connectivity index (χ1n) is 10.2. The summed E-state index contributed by atoms with van der Waals surface area (Å²) in [5.74, 6) is -0.903. The highest BCUT2D eigenvalue weighted by Gasteiger charge is 2.60. The van der Waals surface area contributed by atoms with Crippen LogP contribution in [-0.4, -0.2) is 94.2 Å². The Balaban J connectivity index is 1.44. The number of hydrogen-bond acceptors (Lipinski definition) is 8. The van der Waals surface area contributed by atoms with Gasteiger partial charge in [0.1, 0.15) is 5.70 Å². The lowest BCUT2D eigenvalue weighted by Crippen LogP contribution is -2.66. The number of likely N-dealkylation sites (tertiary alicyclic amines) is 1. The van der Waals surface area contributed by atoms with Crippen molar-refractivity contribution in [3.63, 3.8) is 0 Å². The molecule has 4 heterocycles. The van der Waals surface area contributed by atoms with E-state index < -0.39 is 11.9 Å². The lowest BCUT2D eigenvalue weighted by molar-refractivity contribution is -0.158. The van der Waals surface area contributed by atoms with Crippen molar-refractivity contribution in [1.82, 2.24) is 20.4 Å². The van der Waals surface area contributed by atoms with E-state index in [9.17, 15) is 19.5 Å². The number of carboxylic acid groups (broad SMARTS) is 1. The van der Waals surface area contributed by atoms with Gasteiger partial charge < -0.3 is 25.5 Å². The van der Waals surface area contributed by atoms with Crippen molar-refractivity contribution >= 4 is 46.5 Å². The number of aliphatic carboxylic acids is 1. The third kappa shape index (κ3) is 3.60. The summed E-state index contributed by atoms with van der Waals surface area (Å²) in [6.45, 7) is 6.54. The molecule has 0 aromatic rings. The smallest absolute Gasteiger partial charge is 0.353 e. The molecule has 164 valence electrons. The average molecular weight is 454 g/mol. The molecule has 0 aromatic carbocycles. The van der Waals surface area contributed by atoms with Crippen LogP contribution in [0.2, 0.25) is 0 Å². The van der Waals surface area contributed by atoms with Gasteiger partial charge >= 0.3 is 5.97 Å². The zero-order valence-electron chi connectivity index (χ0n) is 17.3. The fourth-order valence-corrected chi connectivity index (χ4v) is 7.01. The van der Waals surface area contributed by atoms with Crippen LogP contribution in [0.15, 0.2) is 15.6 Å². The number of nitrogens with zero attached hydrogens (tertiary/aromatic N) is 3. The van der Waals surface area contributed by atoms with Gasteiger partial charge in [-0.15, -0.1) is 11.8 Å². The summed E-state index contributed by atoms with van der Waals surface area (Å²) in [6, 6.07) is -0.569. The van der Waals surface area contributed by atoms with E-state index >= 15 is 0 Å². The highest BCUT2D eigenvalue weighted by Crippen LogP contribution is 2.52. The van der Waals surface area contributed by atoms with Gasteiger partial charge in [0.15, 0.2) is 5.17 Å². The first kappa shape index (κ1) is 21.5. The molecular weight excluding hydrogens is 426 g/mol. The molecule has 4 rings (SSSR count). The molecule has 2 amide bonds. The zero-order valence-corrected chi connectivity index (χ0v) is 18.9. The number of fused-ring (bicyclic) bond motifs is 1. The molecule has 9 nitrogen and oxygen atoms in total. The second kappa shape index (κ2) is 8.43. The molecule has 0 aliphatic carbocycles. The number of nitrogens with one attached hydrogen (secondary N) is 2. The van der Waals surface area contributed by atoms with Crippen LogP contribution >= 0.6 is 23.5 Å². The molecule has 11 heteroatoms. The van der Waals surface area contributed by atoms with Gasteiger partial charge in [-0.05, 0) is 14.0 Å². The third-order valence-corrected chi connectivity index (χ3v) is 8.52. The first-order valence-corrected chi connectivity index (χ1v) is 12.0. The molecule has 4 aliphatic rings. The van der Waals surface area contributed by atoms with Crippen LogP contribution in [0.3, 0.4) is 0 Å². The minimum Gasteiger partial charge on any atom is -0.477 e. The predicted octanol–water partition coefficient (Wildman–Crippen LogP) is 0.00360. The maximum absolute atomic E-state index is 12.9. The molecule has 30 heavy (non-hydrogen) atoms. The lowest BCUT2D eigenvalue weighted by Gasteiger charge is -2.47. The maximum Gasteiger partial charge on any atom is 0.353 e. The number of rotatable bonds is 7. The molecule has 0 spiro atoms. The van der Waals surface area contributed by atoms with Gasteiger partial charge in [-0.1, -0.05) is 18.7 Å². The normalized spacial score (nSPS) is 29.4. The Morgan fingerprint density at radius 1 is 1.40 bits per heavy atom. The molecule has 2 saturated heterocycles. The van der Waals surface area contributed by atoms with Crippen molar-refractivity contribution in [1.29, 1.82) is 0 Å². The minimum atomic E-state index is -1.06. The second-order valence-electron chi connectivity index (χ2n) is 8.08. The Bertz CT molecular complexity index is 826. The second-order valence-corrected chi connectivity index (χ2v) is 10.5. The van der Waals surface area contributed by atoms with Crippen LogP contribution in [0.5, 0.6) is 0 Å². The summed E-state index contributed by atoms with van der Waals surface area (Å²) in [5, 5.41) is 16.9. The molecule has 2 fully saturated rings. The average Bonchev–Trinajstić information content (AvgIpc) is 3.24. The number of hydrogen-bond donors (Lipinski definition) is 3. The Morgan fingerprint density at radius 2 is 2.13 bits per heavy atom. The summed E-state index contributed by atoms with van der Waals surface area (Å²) >= 11 is 3.36. The third-order valence-electron chi connectivity index (χ3n) is 6.04. The standard InChI is InChI=1S/C19H27N5O4S2/c1-9-14-13(10(2)22-12(25)6-20-3)17(26)24(14)15(18(27)28)16(9)30-11-7-23(8-11)19-21-4-5-29-19/h9-11,13-14,20H,4-8H2,1-3H3,(H,22,25)(H,27,28)/t9-,10-,13-,14-/m1/s1. The Labute approximate surface area is 184 Å². The van der Waals surface area contributed by atoms with Gasteiger partial charge in [0.2, 0.25) is 11.8 Å². The monoisotopic (exact) mass is 453 g/mol. The van der Waals surface area contributed by atoms with E-state index in [0.29, 0.717) is 5.25 Å². The van der Waals surface area contributed by atoms with Crippen molar-refractivity contribution in [2.24, 2.45) is 16.8 Å². The highest BCUT2D eigenvalue weighted by atomic mass is 32.2. The van der Waals surface area contributed by atoms with Crippen molar-refractivity contribution in [2.45, 2.75) is 31.2 Å². The van der Waals surface area contributed by atoms with Gasteiger partial charge in [-0.25, -0.2) is 4.79 Å². The molecule has 4 aliphatic heterocycles. The van der Waals surface area contributed by atoms with Crippen LogP contribution in [-0.2, 0) is 14.4 Å². The number of aliphatic imine (C=N–C) groups is 1. The van der Waals surface area contributed by atoms with Crippen molar-refractivity contribution in [3.8, 4) is 0 Å². The summed E-state index contributed by atoms with van der Waals surface area (Å²) in [6.07, 6.45) is 0. The first-order chi connectivity index (χ1) is 14.3. The Morgan fingerprint density at radius 3 is 2.73 bits per heavy atom. The van der Waals surface area contributed by atoms with Crippen molar-refractivity contribution in [3.05, 3.63) is 10.6 Å². The van der Waals surface area contributed by atoms with Crippen LogP contribution in [0.1, 0.15) is 13.8 Å². The van der Waals surface area contributed by atoms with E-state index in [1.165, 1.54) is 4.90 Å². The van der Waals surface area contributed by atoms with Crippen LogP contribution in [0.4, 0.5) is 0 Å². The fraction of sp³-hybridized carbons (Fsp3) is 0.684. The topological polar surface area (TPSA) is 114 Å². The predicted molar refractivity (Wildman–Crippen MR) is 117 cm³/mol. The minimum absolute atomic E-state index is 0.0697. The van der Waals surface area contributed by atoms with Gasteiger partial charge in [0.25, 0.3) is 0 Å². The number of carboxylic acids is 1. The van der Waals surface area contributed by atoms with Crippen molar-refractivity contribution < 1.29 is 19.5 Å². The number of likely N-dealkylation sites (N-methyl/N-ethyl adjacent to an activating group) is 1. The van der Waals surface area contributed by atoms with E-state index in [0.717, 1.165) is 35.5 Å². The fourth-order valence-electron chi connectivity index (χ4n) is 4.62. The van der Waals surface area contributed by atoms with Crippen molar-refractivity contribution in [2.75, 3.05) is 39.0 Å². The van der Waals surface area contributed by atoms with E-state index in [4.69, 9.17) is 0 Å². The summed E-state index contributed by atoms with van der Waals surface area (Å²) in [5.41, 5.74) is 0.124. The van der Waals surface area contributed by atoms with E-state index in [1.54, 1.807) is 30.6 Å². The number of amidine groups is 1. The van der Waals surface area contributed by atoms with Gasteiger partial charge in [0.05, 0.1) is 25.0 Å². The van der Waals surface area contributed by atoms with E-state index in [1.807, 2.05) is 13.8 Å². The van der Waals surface area contributed by atoms with Crippen LogP contribution in [0, 0.1) is 11.8 Å². The van der Waals surface area contributed by atoms with Crippen LogP contribution < -0.4 is 10.6 Å². The number of amides is 2. The molecular formula is C19H27N5O4S2. The van der Waals surface area contributed by atoms with Gasteiger partial charge in [0, 0.05) is 41.0 Å². The lowest BCUT2D eigenvalue weighted by atomic mass is 9.78. The van der Waals surface area contributed by atoms with Crippen LogP contribution in [0.25, 0.3) is 0 Å². The molecule has 0 bridgehead atoms. The number of thioether (sulfide) groups is 2. The molecule has 0 aromatic heterocycles. The summed E-state index contributed by atoms with van der Waals surface area (Å²) in [7, 11) is 1.69. The van der Waals surface area contributed by atoms with Gasteiger partial charge in [-0.2, -0.15) is 0 Å². The summed E-state index contributed by atoms with van der Waals surface area (Å²) in [4.78, 5) is 45.7. The van der Waals surface area contributed by atoms with E-state index in [2.05, 4.69) is 20.5 Å². The SMILES string of the molecule is CNCC(=O)N[C@H](C)[C@H]1C(=O)N2C(C(=O)O)=C(SC3CN(C4=NCCS4)C3)[C@H](C)[C@H]12. The molecule has 3 N–H and O–H groups in total. The number of β-lactam (4-membered cyclic amide) rings is 1. The maximum atomic E-state index is 12.9. The zero-order chi connectivity index (χ0) is 21.6. The number of carbonyl (C=O) groups excluding carboxylic acids is 2. The molecule has 0 saturated carbocycles.